The maximum atomic E-state index is 14.5. The molecule has 6 rings (SSSR count). The zero-order valence-corrected chi connectivity index (χ0v) is 26.1. The molecule has 0 aromatic heterocycles. The highest BCUT2D eigenvalue weighted by molar-refractivity contribution is 6.10. The summed E-state index contributed by atoms with van der Waals surface area (Å²) in [6.07, 6.45) is 12.0. The summed E-state index contributed by atoms with van der Waals surface area (Å²) in [5.74, 6) is 0.576. The van der Waals surface area contributed by atoms with Crippen LogP contribution in [0.3, 0.4) is 0 Å². The van der Waals surface area contributed by atoms with Crippen molar-refractivity contribution in [1.82, 2.24) is 0 Å². The van der Waals surface area contributed by atoms with Gasteiger partial charge < -0.3 is 4.74 Å². The Morgan fingerprint density at radius 3 is 2.34 bits per heavy atom. The van der Waals surface area contributed by atoms with Gasteiger partial charge in [0.25, 0.3) is 0 Å². The Morgan fingerprint density at radius 2 is 1.63 bits per heavy atom. The van der Waals surface area contributed by atoms with Crippen LogP contribution < -0.4 is 0 Å². The number of hydrogen-bond donors (Lipinski definition) is 0. The zero-order chi connectivity index (χ0) is 29.6. The number of hydrogen-bond acceptors (Lipinski definition) is 4. The molecule has 4 nitrogen and oxygen atoms in total. The fraction of sp³-hybridized carbons (Fsp3) is 0.649. The lowest BCUT2D eigenvalue weighted by Crippen LogP contribution is -2.66. The van der Waals surface area contributed by atoms with E-state index < -0.39 is 16.8 Å². The van der Waals surface area contributed by atoms with Crippen LogP contribution >= 0.6 is 0 Å². The molecule has 3 saturated carbocycles. The average molecular weight is 557 g/mol. The van der Waals surface area contributed by atoms with Crippen molar-refractivity contribution in [2.75, 3.05) is 0 Å². The second kappa shape index (κ2) is 9.25. The molecule has 0 unspecified atom stereocenters. The van der Waals surface area contributed by atoms with Crippen LogP contribution in [-0.4, -0.2) is 17.5 Å². The minimum absolute atomic E-state index is 0.0887. The first kappa shape index (κ1) is 28.6. The third kappa shape index (κ3) is 3.74. The second-order valence-corrected chi connectivity index (χ2v) is 15.6. The van der Waals surface area contributed by atoms with E-state index in [4.69, 9.17) is 4.74 Å². The van der Waals surface area contributed by atoms with E-state index in [-0.39, 0.29) is 46.3 Å². The number of benzene rings is 1. The highest BCUT2D eigenvalue weighted by atomic mass is 16.5. The van der Waals surface area contributed by atoms with Crippen LogP contribution in [0.15, 0.2) is 54.1 Å². The predicted molar refractivity (Wildman–Crippen MR) is 161 cm³/mol. The molecule has 41 heavy (non-hydrogen) atoms. The van der Waals surface area contributed by atoms with Crippen molar-refractivity contribution in [2.45, 2.75) is 93.6 Å². The van der Waals surface area contributed by atoms with E-state index in [1.54, 1.807) is 13.0 Å². The molecule has 1 aromatic rings. The molecule has 1 aromatic carbocycles. The standard InChI is InChI=1S/C37H48O4/c1-23-13-16-33(3)19-20-35(5)26(30(33)24(23)2)21-27(38)31-34(4)17-15-29(39)37(7,28(34)14-18-36(31,35)6)32(40)41-22-25-11-9-8-10-12-25/h8-12,15,17,21,23-24,28,30-31H,13-14,16,18-20,22H2,1-7H3/t23-,24+,28-,30+,31-,33-,34+,35-,36-,37-/m1/s1. The lowest BCUT2D eigenvalue weighted by Gasteiger charge is -2.69. The van der Waals surface area contributed by atoms with Crippen molar-refractivity contribution in [2.24, 2.45) is 56.7 Å². The Bertz CT molecular complexity index is 1340. The topological polar surface area (TPSA) is 60.4 Å². The molecule has 5 aliphatic carbocycles. The van der Waals surface area contributed by atoms with Gasteiger partial charge in [0.2, 0.25) is 0 Å². The molecule has 0 N–H and O–H groups in total. The van der Waals surface area contributed by atoms with Gasteiger partial charge in [-0.2, -0.15) is 0 Å². The van der Waals surface area contributed by atoms with E-state index >= 15 is 0 Å². The lowest BCUT2D eigenvalue weighted by atomic mass is 9.34. The summed E-state index contributed by atoms with van der Waals surface area (Å²) in [7, 11) is 0. The van der Waals surface area contributed by atoms with E-state index in [0.717, 1.165) is 24.8 Å². The SMILES string of the molecule is C[C@H]1[C@H](C)CC[C@]2(C)CC[C@]3(C)C(=CC(=O)[C@@H]4[C@@]5(C)C=CC(=O)[C@](C)(C(=O)OCc6ccccc6)[C@@H]5CC[C@]43C)[C@H]12. The van der Waals surface area contributed by atoms with E-state index in [1.165, 1.54) is 24.8 Å². The molecule has 0 aliphatic heterocycles. The van der Waals surface area contributed by atoms with E-state index in [2.05, 4.69) is 47.6 Å². The first-order valence-corrected chi connectivity index (χ1v) is 15.9. The molecular weight excluding hydrogens is 508 g/mol. The van der Waals surface area contributed by atoms with Crippen molar-refractivity contribution < 1.29 is 19.1 Å². The summed E-state index contributed by atoms with van der Waals surface area (Å²) in [6, 6.07) is 9.60. The third-order valence-electron chi connectivity index (χ3n) is 13.8. The van der Waals surface area contributed by atoms with Gasteiger partial charge in [-0.25, -0.2) is 0 Å². The summed E-state index contributed by atoms with van der Waals surface area (Å²) in [5, 5.41) is 0. The van der Waals surface area contributed by atoms with Crippen LogP contribution in [0.4, 0.5) is 0 Å². The summed E-state index contributed by atoms with van der Waals surface area (Å²) >= 11 is 0. The van der Waals surface area contributed by atoms with Gasteiger partial charge in [0.15, 0.2) is 11.6 Å². The van der Waals surface area contributed by atoms with Crippen LogP contribution in [0.2, 0.25) is 0 Å². The average Bonchev–Trinajstić information content (AvgIpc) is 2.93. The Balaban J connectivity index is 1.39. The molecule has 0 amide bonds. The highest BCUT2D eigenvalue weighted by Gasteiger charge is 2.71. The van der Waals surface area contributed by atoms with Crippen LogP contribution in [0.25, 0.3) is 0 Å². The highest BCUT2D eigenvalue weighted by Crippen LogP contribution is 2.74. The van der Waals surface area contributed by atoms with Gasteiger partial charge in [-0.05, 0) is 103 Å². The van der Waals surface area contributed by atoms with Crippen molar-refractivity contribution in [3.05, 3.63) is 59.7 Å². The number of carbonyl (C=O) groups is 3. The lowest BCUT2D eigenvalue weighted by molar-refractivity contribution is -0.186. The smallest absolute Gasteiger partial charge is 0.320 e. The number of allylic oxidation sites excluding steroid dienone is 4. The minimum Gasteiger partial charge on any atom is -0.460 e. The van der Waals surface area contributed by atoms with Gasteiger partial charge in [-0.1, -0.05) is 83.5 Å². The number of carbonyl (C=O) groups excluding carboxylic acids is 3. The minimum atomic E-state index is -1.32. The molecule has 220 valence electrons. The first-order valence-electron chi connectivity index (χ1n) is 15.9. The molecule has 0 spiro atoms. The number of fused-ring (bicyclic) bond motifs is 7. The number of ketones is 2. The van der Waals surface area contributed by atoms with E-state index in [0.29, 0.717) is 17.8 Å². The van der Waals surface area contributed by atoms with Crippen LogP contribution in [0.5, 0.6) is 0 Å². The largest absolute Gasteiger partial charge is 0.460 e. The van der Waals surface area contributed by atoms with Crippen molar-refractivity contribution >= 4 is 17.5 Å². The molecule has 10 atom stereocenters. The number of rotatable bonds is 3. The normalized spacial score (nSPS) is 46.9. The van der Waals surface area contributed by atoms with Crippen LogP contribution in [0.1, 0.15) is 92.6 Å². The summed E-state index contributed by atoms with van der Waals surface area (Å²) in [4.78, 5) is 41.9. The Labute approximate surface area is 246 Å². The second-order valence-electron chi connectivity index (χ2n) is 15.6. The molecule has 0 radical (unpaired) electrons. The van der Waals surface area contributed by atoms with Crippen molar-refractivity contribution in [3.8, 4) is 0 Å². The Kier molecular flexibility index (Phi) is 6.46. The quantitative estimate of drug-likeness (QED) is 0.280. The van der Waals surface area contributed by atoms with Gasteiger partial charge in [-0.15, -0.1) is 0 Å². The molecule has 0 saturated heterocycles. The first-order chi connectivity index (χ1) is 19.2. The van der Waals surface area contributed by atoms with Gasteiger partial charge in [-0.3, -0.25) is 14.4 Å². The zero-order valence-electron chi connectivity index (χ0n) is 26.1. The van der Waals surface area contributed by atoms with E-state index in [9.17, 15) is 14.4 Å². The van der Waals surface area contributed by atoms with Crippen molar-refractivity contribution in [3.63, 3.8) is 0 Å². The monoisotopic (exact) mass is 556 g/mol. The van der Waals surface area contributed by atoms with E-state index in [1.807, 2.05) is 36.4 Å². The fourth-order valence-electron chi connectivity index (χ4n) is 10.8. The fourth-order valence-corrected chi connectivity index (χ4v) is 10.8. The van der Waals surface area contributed by atoms with Gasteiger partial charge in [0.1, 0.15) is 12.0 Å². The summed E-state index contributed by atoms with van der Waals surface area (Å²) in [5.41, 5.74) is 0.275. The maximum absolute atomic E-state index is 14.5. The molecule has 3 fully saturated rings. The van der Waals surface area contributed by atoms with Crippen LogP contribution in [-0.2, 0) is 25.7 Å². The van der Waals surface area contributed by atoms with Crippen molar-refractivity contribution in [1.29, 1.82) is 0 Å². The van der Waals surface area contributed by atoms with Gasteiger partial charge in [0, 0.05) is 11.3 Å². The predicted octanol–water partition coefficient (Wildman–Crippen LogP) is 7.91. The Morgan fingerprint density at radius 1 is 0.927 bits per heavy atom. The molecule has 0 heterocycles. The van der Waals surface area contributed by atoms with Gasteiger partial charge >= 0.3 is 5.97 Å². The summed E-state index contributed by atoms with van der Waals surface area (Å²) in [6.45, 7) is 16.1. The summed E-state index contributed by atoms with van der Waals surface area (Å²) < 4.78 is 5.83. The molecule has 4 heteroatoms. The molecular formula is C37H48O4. The Hall–Kier alpha value is -2.49. The maximum Gasteiger partial charge on any atom is 0.320 e. The van der Waals surface area contributed by atoms with Crippen LogP contribution in [0, 0.1) is 56.7 Å². The molecule has 0 bridgehead atoms. The number of esters is 1. The molecule has 5 aliphatic rings. The third-order valence-corrected chi connectivity index (χ3v) is 13.8. The van der Waals surface area contributed by atoms with Gasteiger partial charge in [0.05, 0.1) is 0 Å². The number of ether oxygens (including phenoxy) is 1.